The lowest BCUT2D eigenvalue weighted by atomic mass is 9.96. The molecule has 4 aromatic rings. The molecule has 0 unspecified atom stereocenters. The minimum atomic E-state index is -0.865. The van der Waals surface area contributed by atoms with Crippen LogP contribution < -0.4 is 10.5 Å². The second-order valence-electron chi connectivity index (χ2n) is 9.32. The number of carbonyl (C=O) groups excluding carboxylic acids is 2. The van der Waals surface area contributed by atoms with Gasteiger partial charge in [-0.2, -0.15) is 9.65 Å². The lowest BCUT2D eigenvalue weighted by molar-refractivity contribution is 0.0353. The van der Waals surface area contributed by atoms with Gasteiger partial charge in [-0.25, -0.2) is 18.6 Å². The smallest absolute Gasteiger partial charge is 0.329 e. The van der Waals surface area contributed by atoms with Crippen LogP contribution in [0.3, 0.4) is 0 Å². The van der Waals surface area contributed by atoms with E-state index in [1.54, 1.807) is 4.90 Å². The van der Waals surface area contributed by atoms with Crippen LogP contribution in [0.4, 0.5) is 23.0 Å². The Labute approximate surface area is 233 Å². The van der Waals surface area contributed by atoms with Gasteiger partial charge in [0.15, 0.2) is 5.75 Å². The molecule has 2 amide bonds. The number of carbonyl (C=O) groups is 2. The number of fused-ring (bicyclic) bond motifs is 2. The average molecular weight is 587 g/mol. The molecule has 0 radical (unpaired) electrons. The highest BCUT2D eigenvalue weighted by Crippen LogP contribution is 2.47. The molecule has 0 aliphatic carbocycles. The third kappa shape index (κ3) is 4.02. The van der Waals surface area contributed by atoms with Crippen LogP contribution in [0.1, 0.15) is 22.3 Å². The van der Waals surface area contributed by atoms with Gasteiger partial charge in [-0.3, -0.25) is 9.36 Å². The van der Waals surface area contributed by atoms with Crippen molar-refractivity contribution in [3.8, 4) is 22.9 Å². The zero-order valence-corrected chi connectivity index (χ0v) is 22.0. The highest BCUT2D eigenvalue weighted by molar-refractivity contribution is 7.23. The van der Waals surface area contributed by atoms with E-state index in [-0.39, 0.29) is 73.9 Å². The van der Waals surface area contributed by atoms with Crippen molar-refractivity contribution >= 4 is 50.0 Å². The first kappa shape index (κ1) is 26.0. The van der Waals surface area contributed by atoms with Gasteiger partial charge in [0.05, 0.1) is 39.7 Å². The molecule has 14 heteroatoms. The summed E-state index contributed by atoms with van der Waals surface area (Å²) in [5.74, 6) is -2.84. The standard InChI is InChI=1S/C26H18ClF3N6O3S/c27-21-20(13-2-3-16(28)23-19(13)15(7-31)24(32)40-23)17(29)6-14-22(21)39-5-1-4-36(25(14)37)12-8-34(9-12)26(38)35-10-18(30)33-11-35/h2-3,6,10-12H,1,4-5,8-9,32H2. The summed E-state index contributed by atoms with van der Waals surface area (Å²) in [6.07, 6.45) is 2.47. The van der Waals surface area contributed by atoms with Crippen molar-refractivity contribution in [2.75, 3.05) is 32.0 Å². The van der Waals surface area contributed by atoms with Crippen LogP contribution >= 0.6 is 22.9 Å². The quantitative estimate of drug-likeness (QED) is 0.358. The molecule has 2 aromatic heterocycles. The Morgan fingerprint density at radius 2 is 2.00 bits per heavy atom. The SMILES string of the molecule is N#Cc1c(N)sc2c(F)ccc(-c3c(F)cc4c(c3Cl)OCCCN(C3CN(C(=O)n5cnc(F)c5)C3)C4=O)c12. The molecule has 0 spiro atoms. The van der Waals surface area contributed by atoms with Gasteiger partial charge >= 0.3 is 6.03 Å². The van der Waals surface area contributed by atoms with Crippen LogP contribution in [0.2, 0.25) is 5.02 Å². The third-order valence-corrected chi connectivity index (χ3v) is 8.39. The van der Waals surface area contributed by atoms with E-state index in [2.05, 4.69) is 4.98 Å². The van der Waals surface area contributed by atoms with Crippen molar-refractivity contribution in [2.24, 2.45) is 0 Å². The van der Waals surface area contributed by atoms with E-state index < -0.39 is 29.5 Å². The predicted octanol–water partition coefficient (Wildman–Crippen LogP) is 4.87. The number of nitriles is 1. The number of thiophene rings is 1. The first-order valence-corrected chi connectivity index (χ1v) is 13.2. The van der Waals surface area contributed by atoms with Gasteiger partial charge in [0.25, 0.3) is 5.91 Å². The van der Waals surface area contributed by atoms with E-state index in [9.17, 15) is 23.6 Å². The summed E-state index contributed by atoms with van der Waals surface area (Å²) >= 11 is 7.55. The van der Waals surface area contributed by atoms with Crippen LogP contribution in [0.5, 0.6) is 5.75 Å². The summed E-state index contributed by atoms with van der Waals surface area (Å²) in [6, 6.07) is 4.57. The highest BCUT2D eigenvalue weighted by Gasteiger charge is 2.40. The maximum Gasteiger partial charge on any atom is 0.329 e. The van der Waals surface area contributed by atoms with Gasteiger partial charge in [0, 0.05) is 30.6 Å². The van der Waals surface area contributed by atoms with Crippen molar-refractivity contribution in [1.29, 1.82) is 5.26 Å². The molecule has 2 N–H and O–H groups in total. The number of ether oxygens (including phenoxy) is 1. The van der Waals surface area contributed by atoms with Crippen LogP contribution in [0.25, 0.3) is 21.2 Å². The molecular formula is C26H18ClF3N6O3S. The van der Waals surface area contributed by atoms with Gasteiger partial charge in [-0.05, 0) is 24.1 Å². The number of nitrogens with zero attached hydrogens (tertiary/aromatic N) is 5. The Morgan fingerprint density at radius 3 is 2.70 bits per heavy atom. The molecular weight excluding hydrogens is 569 g/mol. The number of rotatable bonds is 2. The van der Waals surface area contributed by atoms with E-state index >= 15 is 4.39 Å². The van der Waals surface area contributed by atoms with E-state index in [0.717, 1.165) is 40.6 Å². The normalized spacial score (nSPS) is 15.7. The number of hydrogen-bond donors (Lipinski definition) is 1. The fraction of sp³-hybridized carbons (Fsp3) is 0.231. The molecule has 0 atom stereocenters. The van der Waals surface area contributed by atoms with Crippen molar-refractivity contribution in [3.05, 3.63) is 64.5 Å². The van der Waals surface area contributed by atoms with Crippen molar-refractivity contribution in [1.82, 2.24) is 19.4 Å². The van der Waals surface area contributed by atoms with E-state index in [1.807, 2.05) is 6.07 Å². The topological polar surface area (TPSA) is 117 Å². The fourth-order valence-corrected chi connectivity index (χ4v) is 6.34. The molecule has 1 fully saturated rings. The monoisotopic (exact) mass is 586 g/mol. The zero-order valence-electron chi connectivity index (χ0n) is 20.5. The van der Waals surface area contributed by atoms with Gasteiger partial charge in [0.1, 0.15) is 29.0 Å². The summed E-state index contributed by atoms with van der Waals surface area (Å²) in [6.45, 7) is 0.848. The number of halogens is 4. The maximum atomic E-state index is 15.8. The Bertz CT molecular complexity index is 1760. The van der Waals surface area contributed by atoms with Crippen molar-refractivity contribution in [2.45, 2.75) is 12.5 Å². The summed E-state index contributed by atoms with van der Waals surface area (Å²) in [5.41, 5.74) is 5.83. The second-order valence-corrected chi connectivity index (χ2v) is 10.8. The summed E-state index contributed by atoms with van der Waals surface area (Å²) in [4.78, 5) is 32.5. The molecule has 0 bridgehead atoms. The Morgan fingerprint density at radius 1 is 1.23 bits per heavy atom. The molecule has 204 valence electrons. The number of aromatic nitrogens is 2. The summed E-state index contributed by atoms with van der Waals surface area (Å²) in [5, 5.41) is 9.65. The van der Waals surface area contributed by atoms with E-state index in [0.29, 0.717) is 13.0 Å². The largest absolute Gasteiger partial charge is 0.491 e. The first-order valence-electron chi connectivity index (χ1n) is 12.0. The molecule has 0 saturated carbocycles. The number of imidazole rings is 1. The minimum absolute atomic E-state index is 0.00222. The number of amides is 2. The molecule has 2 aliphatic heterocycles. The van der Waals surface area contributed by atoms with Crippen molar-refractivity contribution < 1.29 is 27.5 Å². The Hall–Kier alpha value is -4.28. The number of likely N-dealkylation sites (tertiary alicyclic amines) is 1. The zero-order chi connectivity index (χ0) is 28.3. The van der Waals surface area contributed by atoms with Crippen LogP contribution in [-0.2, 0) is 0 Å². The fourth-order valence-electron chi connectivity index (χ4n) is 5.05. The average Bonchev–Trinajstić information content (AvgIpc) is 3.48. The second kappa shape index (κ2) is 9.72. The maximum absolute atomic E-state index is 15.8. The summed E-state index contributed by atoms with van der Waals surface area (Å²) < 4.78 is 50.5. The lowest BCUT2D eigenvalue weighted by Gasteiger charge is -2.45. The molecule has 40 heavy (non-hydrogen) atoms. The molecule has 4 heterocycles. The molecule has 2 aliphatic rings. The van der Waals surface area contributed by atoms with Crippen molar-refractivity contribution in [3.63, 3.8) is 0 Å². The highest BCUT2D eigenvalue weighted by atomic mass is 35.5. The molecule has 9 nitrogen and oxygen atoms in total. The molecule has 6 rings (SSSR count). The third-order valence-electron chi connectivity index (χ3n) is 7.00. The summed E-state index contributed by atoms with van der Waals surface area (Å²) in [7, 11) is 0. The number of nitrogen functional groups attached to an aromatic ring is 1. The Balaban J connectivity index is 1.36. The predicted molar refractivity (Wildman–Crippen MR) is 141 cm³/mol. The van der Waals surface area contributed by atoms with Gasteiger partial charge in [-0.1, -0.05) is 17.7 Å². The van der Waals surface area contributed by atoms with Gasteiger partial charge in [0.2, 0.25) is 5.95 Å². The van der Waals surface area contributed by atoms with Crippen LogP contribution in [0, 0.1) is 28.9 Å². The number of benzene rings is 2. The van der Waals surface area contributed by atoms with E-state index in [1.165, 1.54) is 11.0 Å². The van der Waals surface area contributed by atoms with E-state index in [4.69, 9.17) is 22.1 Å². The lowest BCUT2D eigenvalue weighted by Crippen LogP contribution is -2.63. The van der Waals surface area contributed by atoms with Crippen LogP contribution in [0.15, 0.2) is 30.7 Å². The molecule has 2 aromatic carbocycles. The first-order chi connectivity index (χ1) is 19.2. The minimum Gasteiger partial charge on any atom is -0.491 e. The number of nitrogens with two attached hydrogens (primary N) is 1. The van der Waals surface area contributed by atoms with Gasteiger partial charge < -0.3 is 20.3 Å². The number of hydrogen-bond acceptors (Lipinski definition) is 7. The van der Waals surface area contributed by atoms with Crippen LogP contribution in [-0.4, -0.2) is 63.6 Å². The van der Waals surface area contributed by atoms with Gasteiger partial charge in [-0.15, -0.1) is 11.3 Å². The Kier molecular flexibility index (Phi) is 6.31. The number of anilines is 1. The molecule has 1 saturated heterocycles.